The van der Waals surface area contributed by atoms with Gasteiger partial charge in [-0.25, -0.2) is 4.68 Å². The molecule has 2 aliphatic heterocycles. The predicted molar refractivity (Wildman–Crippen MR) is 132 cm³/mol. The van der Waals surface area contributed by atoms with Crippen LogP contribution in [-0.2, 0) is 30.9 Å². The predicted octanol–water partition coefficient (Wildman–Crippen LogP) is 2.93. The second-order valence-corrected chi connectivity index (χ2v) is 9.46. The minimum Gasteiger partial charge on any atom is -0.454 e. The highest BCUT2D eigenvalue weighted by Crippen LogP contribution is 2.33. The lowest BCUT2D eigenvalue weighted by Crippen LogP contribution is -2.29. The first-order chi connectivity index (χ1) is 17.6. The maximum absolute atomic E-state index is 13.0. The number of hydrogen-bond donors (Lipinski definition) is 1. The SMILES string of the molecule is Cc1ccc2[nH]c(=O)c(CN(Cc3ccc4c(c3)OCO4)Cc3nnnn3C[C@@H]3CCCO3)cc2c1. The van der Waals surface area contributed by atoms with Crippen molar-refractivity contribution in [2.24, 2.45) is 0 Å². The summed E-state index contributed by atoms with van der Waals surface area (Å²) in [6.07, 6.45) is 2.19. The van der Waals surface area contributed by atoms with Crippen molar-refractivity contribution in [2.75, 3.05) is 13.4 Å². The third kappa shape index (κ3) is 4.82. The summed E-state index contributed by atoms with van der Waals surface area (Å²) in [4.78, 5) is 18.2. The number of aromatic amines is 1. The molecule has 1 atom stereocenters. The molecule has 1 N–H and O–H groups in total. The molecular weight excluding hydrogens is 460 g/mol. The second-order valence-electron chi connectivity index (χ2n) is 9.46. The van der Waals surface area contributed by atoms with E-state index in [4.69, 9.17) is 14.2 Å². The van der Waals surface area contributed by atoms with Crippen LogP contribution in [0.2, 0.25) is 0 Å². The number of nitrogens with one attached hydrogen (secondary N) is 1. The first kappa shape index (κ1) is 22.7. The van der Waals surface area contributed by atoms with E-state index in [1.807, 2.05) is 48.0 Å². The number of rotatable bonds is 8. The number of H-pyrrole nitrogens is 1. The number of hydrogen-bond acceptors (Lipinski definition) is 8. The fraction of sp³-hybridized carbons (Fsp3) is 0.385. The minimum absolute atomic E-state index is 0.0963. The Kier molecular flexibility index (Phi) is 6.12. The Bertz CT molecular complexity index is 1440. The zero-order valence-corrected chi connectivity index (χ0v) is 20.1. The van der Waals surface area contributed by atoms with Gasteiger partial charge < -0.3 is 19.2 Å². The van der Waals surface area contributed by atoms with E-state index in [0.29, 0.717) is 31.7 Å². The highest BCUT2D eigenvalue weighted by atomic mass is 16.7. The molecule has 0 aliphatic carbocycles. The van der Waals surface area contributed by atoms with Crippen molar-refractivity contribution >= 4 is 10.9 Å². The molecule has 36 heavy (non-hydrogen) atoms. The van der Waals surface area contributed by atoms with Gasteiger partial charge >= 0.3 is 0 Å². The van der Waals surface area contributed by atoms with E-state index in [0.717, 1.165) is 58.8 Å². The topological polar surface area (TPSA) is 107 Å². The van der Waals surface area contributed by atoms with Gasteiger partial charge in [0.25, 0.3) is 5.56 Å². The third-order valence-electron chi connectivity index (χ3n) is 6.69. The normalized spacial score (nSPS) is 16.9. The molecule has 10 heteroatoms. The van der Waals surface area contributed by atoms with Gasteiger partial charge in [-0.3, -0.25) is 9.69 Å². The largest absolute Gasteiger partial charge is 0.454 e. The zero-order valence-electron chi connectivity index (χ0n) is 20.1. The van der Waals surface area contributed by atoms with Crippen LogP contribution in [0.25, 0.3) is 10.9 Å². The number of aromatic nitrogens is 5. The van der Waals surface area contributed by atoms with Gasteiger partial charge in [0.2, 0.25) is 6.79 Å². The molecule has 186 valence electrons. The average molecular weight is 489 g/mol. The van der Waals surface area contributed by atoms with Crippen molar-refractivity contribution in [1.82, 2.24) is 30.1 Å². The van der Waals surface area contributed by atoms with Gasteiger partial charge in [0, 0.05) is 30.8 Å². The van der Waals surface area contributed by atoms with Crippen molar-refractivity contribution in [3.8, 4) is 11.5 Å². The number of benzene rings is 2. The average Bonchev–Trinajstić information content (AvgIpc) is 3.63. The van der Waals surface area contributed by atoms with Crippen LogP contribution in [0.15, 0.2) is 47.3 Å². The van der Waals surface area contributed by atoms with Crippen LogP contribution >= 0.6 is 0 Å². The molecule has 0 spiro atoms. The molecule has 4 aromatic rings. The van der Waals surface area contributed by atoms with Crippen molar-refractivity contribution in [3.05, 3.63) is 75.3 Å². The van der Waals surface area contributed by atoms with Gasteiger partial charge in [0.1, 0.15) is 0 Å². The molecule has 4 heterocycles. The van der Waals surface area contributed by atoms with Crippen LogP contribution in [0.5, 0.6) is 11.5 Å². The molecule has 0 amide bonds. The maximum Gasteiger partial charge on any atom is 0.252 e. The molecule has 2 aromatic heterocycles. The van der Waals surface area contributed by atoms with Crippen molar-refractivity contribution < 1.29 is 14.2 Å². The lowest BCUT2D eigenvalue weighted by Gasteiger charge is -2.22. The molecule has 0 saturated carbocycles. The number of fused-ring (bicyclic) bond motifs is 2. The molecule has 6 rings (SSSR count). The van der Waals surface area contributed by atoms with Crippen molar-refractivity contribution in [2.45, 2.75) is 52.0 Å². The summed E-state index contributed by atoms with van der Waals surface area (Å²) in [6.45, 7) is 5.16. The van der Waals surface area contributed by atoms with E-state index < -0.39 is 0 Å². The molecule has 1 fully saturated rings. The minimum atomic E-state index is -0.0963. The van der Waals surface area contributed by atoms with E-state index >= 15 is 0 Å². The summed E-state index contributed by atoms with van der Waals surface area (Å²) in [5.74, 6) is 2.21. The van der Waals surface area contributed by atoms with E-state index in [1.165, 1.54) is 0 Å². The summed E-state index contributed by atoms with van der Waals surface area (Å²) < 4.78 is 18.6. The molecular formula is C26H28N6O4. The lowest BCUT2D eigenvalue weighted by atomic mass is 10.1. The fourth-order valence-electron chi connectivity index (χ4n) is 4.85. The second kappa shape index (κ2) is 9.71. The number of tetrazole rings is 1. The molecule has 2 aliphatic rings. The van der Waals surface area contributed by atoms with Crippen LogP contribution in [0.3, 0.4) is 0 Å². The standard InChI is InChI=1S/C26H28N6O4/c1-17-4-6-22-19(9-17)11-20(26(33)27-22)13-31(12-18-5-7-23-24(10-18)36-16-35-23)15-25-28-29-30-32(25)14-21-3-2-8-34-21/h4-7,9-11,21H,2-3,8,12-16H2,1H3,(H,27,33)/t21-/m0/s1. The summed E-state index contributed by atoms with van der Waals surface area (Å²) in [6, 6.07) is 13.9. The highest BCUT2D eigenvalue weighted by molar-refractivity contribution is 5.79. The zero-order chi connectivity index (χ0) is 24.5. The fourth-order valence-corrected chi connectivity index (χ4v) is 4.85. The van der Waals surface area contributed by atoms with Gasteiger partial charge in [-0.05, 0) is 71.5 Å². The molecule has 0 unspecified atom stereocenters. The summed E-state index contributed by atoms with van der Waals surface area (Å²) in [5, 5.41) is 13.4. The summed E-state index contributed by atoms with van der Waals surface area (Å²) in [7, 11) is 0. The Morgan fingerprint density at radius 3 is 2.89 bits per heavy atom. The van der Waals surface area contributed by atoms with Crippen LogP contribution in [-0.4, -0.2) is 49.6 Å². The Morgan fingerprint density at radius 1 is 1.08 bits per heavy atom. The van der Waals surface area contributed by atoms with Gasteiger partial charge in [-0.2, -0.15) is 0 Å². The summed E-state index contributed by atoms with van der Waals surface area (Å²) in [5.41, 5.74) is 3.61. The molecule has 1 saturated heterocycles. The maximum atomic E-state index is 13.0. The van der Waals surface area contributed by atoms with Crippen LogP contribution < -0.4 is 15.0 Å². The van der Waals surface area contributed by atoms with Gasteiger partial charge in [-0.1, -0.05) is 17.7 Å². The smallest absolute Gasteiger partial charge is 0.252 e. The first-order valence-electron chi connectivity index (χ1n) is 12.2. The molecule has 10 nitrogen and oxygen atoms in total. The highest BCUT2D eigenvalue weighted by Gasteiger charge is 2.21. The van der Waals surface area contributed by atoms with Crippen molar-refractivity contribution in [3.63, 3.8) is 0 Å². The number of ether oxygens (including phenoxy) is 3. The Balaban J connectivity index is 1.29. The van der Waals surface area contributed by atoms with Crippen molar-refractivity contribution in [1.29, 1.82) is 0 Å². The quantitative estimate of drug-likeness (QED) is 0.403. The lowest BCUT2D eigenvalue weighted by molar-refractivity contribution is 0.0914. The van der Waals surface area contributed by atoms with Crippen LogP contribution in [0.1, 0.15) is 35.4 Å². The Hall–Kier alpha value is -3.76. The summed E-state index contributed by atoms with van der Waals surface area (Å²) >= 11 is 0. The van der Waals surface area contributed by atoms with Gasteiger partial charge in [0.05, 0.1) is 19.2 Å². The molecule has 0 bridgehead atoms. The number of pyridine rings is 1. The van der Waals surface area contributed by atoms with Gasteiger partial charge in [0.15, 0.2) is 17.3 Å². The van der Waals surface area contributed by atoms with E-state index in [9.17, 15) is 4.79 Å². The van der Waals surface area contributed by atoms with Crippen LogP contribution in [0.4, 0.5) is 0 Å². The van der Waals surface area contributed by atoms with E-state index in [2.05, 4.69) is 31.5 Å². The van der Waals surface area contributed by atoms with E-state index in [-0.39, 0.29) is 18.5 Å². The first-order valence-corrected chi connectivity index (χ1v) is 12.2. The Labute approximate surface area is 207 Å². The Morgan fingerprint density at radius 2 is 2.00 bits per heavy atom. The number of aryl methyl sites for hydroxylation is 1. The molecule has 2 aromatic carbocycles. The van der Waals surface area contributed by atoms with Crippen LogP contribution in [0, 0.1) is 6.92 Å². The molecule has 0 radical (unpaired) electrons. The third-order valence-corrected chi connectivity index (χ3v) is 6.69. The number of nitrogens with zero attached hydrogens (tertiary/aromatic N) is 5. The van der Waals surface area contributed by atoms with E-state index in [1.54, 1.807) is 0 Å². The van der Waals surface area contributed by atoms with Gasteiger partial charge in [-0.15, -0.1) is 5.10 Å². The monoisotopic (exact) mass is 488 g/mol.